The van der Waals surface area contributed by atoms with Gasteiger partial charge in [-0.2, -0.15) is 0 Å². The number of nitrogens with one attached hydrogen (secondary N) is 3. The number of aliphatic imine (C=N–C) groups is 1. The van der Waals surface area contributed by atoms with Crippen LogP contribution in [0.4, 0.5) is 5.69 Å². The summed E-state index contributed by atoms with van der Waals surface area (Å²) in [6, 6.07) is 17.2. The normalized spacial score (nSPS) is 15.2. The number of nitrogens with zero attached hydrogens (tertiary/aromatic N) is 2. The van der Waals surface area contributed by atoms with E-state index in [1.54, 1.807) is 0 Å². The van der Waals surface area contributed by atoms with E-state index in [2.05, 4.69) is 82.9 Å². The Morgan fingerprint density at radius 1 is 1.09 bits per heavy atom. The third-order valence-electron chi connectivity index (χ3n) is 6.63. The number of aromatic amines is 1. The zero-order valence-electron chi connectivity index (χ0n) is 19.9. The van der Waals surface area contributed by atoms with E-state index in [1.807, 2.05) is 0 Å². The minimum absolute atomic E-state index is 0.314. The van der Waals surface area contributed by atoms with Gasteiger partial charge in [-0.3, -0.25) is 0 Å². The van der Waals surface area contributed by atoms with Crippen molar-refractivity contribution in [2.45, 2.75) is 39.7 Å². The van der Waals surface area contributed by atoms with Crippen molar-refractivity contribution in [2.75, 3.05) is 37.7 Å². The summed E-state index contributed by atoms with van der Waals surface area (Å²) in [7, 11) is 0. The molecule has 176 valence electrons. The van der Waals surface area contributed by atoms with Gasteiger partial charge >= 0.3 is 0 Å². The second-order valence-electron chi connectivity index (χ2n) is 8.93. The predicted octanol–water partition coefficient (Wildman–Crippen LogP) is 3.98. The first-order valence-electron chi connectivity index (χ1n) is 12.2. The fourth-order valence-corrected chi connectivity index (χ4v) is 4.66. The summed E-state index contributed by atoms with van der Waals surface area (Å²) >= 11 is 0. The van der Waals surface area contributed by atoms with E-state index in [0.29, 0.717) is 19.1 Å². The molecular formula is C27H37N5O. The molecule has 0 aliphatic carbocycles. The summed E-state index contributed by atoms with van der Waals surface area (Å²) < 4.78 is 0. The molecule has 0 amide bonds. The summed E-state index contributed by atoms with van der Waals surface area (Å²) in [6.45, 7) is 8.91. The Bertz CT molecular complexity index is 1050. The van der Waals surface area contributed by atoms with Crippen LogP contribution in [0.25, 0.3) is 10.9 Å². The van der Waals surface area contributed by atoms with Gasteiger partial charge in [0.1, 0.15) is 0 Å². The van der Waals surface area contributed by atoms with Crippen LogP contribution in [0.2, 0.25) is 0 Å². The molecule has 0 unspecified atom stereocenters. The van der Waals surface area contributed by atoms with Crippen LogP contribution in [0, 0.1) is 12.8 Å². The van der Waals surface area contributed by atoms with E-state index in [0.717, 1.165) is 51.4 Å². The zero-order chi connectivity index (χ0) is 23.0. The molecule has 1 saturated heterocycles. The first-order chi connectivity index (χ1) is 16.2. The van der Waals surface area contributed by atoms with Gasteiger partial charge in [-0.25, -0.2) is 4.99 Å². The van der Waals surface area contributed by atoms with Crippen molar-refractivity contribution in [3.8, 4) is 0 Å². The molecule has 1 aliphatic rings. The predicted molar refractivity (Wildman–Crippen MR) is 138 cm³/mol. The Morgan fingerprint density at radius 2 is 1.85 bits per heavy atom. The molecule has 0 spiro atoms. The number of piperidine rings is 1. The molecule has 6 heteroatoms. The number of benzene rings is 2. The zero-order valence-corrected chi connectivity index (χ0v) is 19.9. The molecule has 1 aliphatic heterocycles. The molecule has 0 saturated carbocycles. The van der Waals surface area contributed by atoms with Crippen molar-refractivity contribution in [1.82, 2.24) is 15.6 Å². The van der Waals surface area contributed by atoms with Crippen LogP contribution in [0.1, 0.15) is 36.6 Å². The highest BCUT2D eigenvalue weighted by Crippen LogP contribution is 2.24. The first-order valence-corrected chi connectivity index (χ1v) is 12.2. The number of hydrogen-bond acceptors (Lipinski definition) is 3. The van der Waals surface area contributed by atoms with Gasteiger partial charge in [0.05, 0.1) is 6.54 Å². The van der Waals surface area contributed by atoms with Crippen LogP contribution in [0.3, 0.4) is 0 Å². The summed E-state index contributed by atoms with van der Waals surface area (Å²) in [6.07, 6.45) is 3.08. The Morgan fingerprint density at radius 3 is 2.58 bits per heavy atom. The molecule has 2 aromatic carbocycles. The van der Waals surface area contributed by atoms with E-state index in [9.17, 15) is 5.11 Å². The van der Waals surface area contributed by atoms with Crippen molar-refractivity contribution >= 4 is 22.5 Å². The molecule has 6 nitrogen and oxygen atoms in total. The number of aromatic nitrogens is 1. The lowest BCUT2D eigenvalue weighted by Gasteiger charge is -2.32. The maximum Gasteiger partial charge on any atom is 0.191 e. The SMILES string of the molecule is CCNC(=NCc1ccc(N2CCC(CO)CC2)cc1)NCCc1c(C)[nH]c2ccccc12. The lowest BCUT2D eigenvalue weighted by atomic mass is 9.97. The summed E-state index contributed by atoms with van der Waals surface area (Å²) in [4.78, 5) is 10.7. The van der Waals surface area contributed by atoms with Gasteiger partial charge in [-0.05, 0) is 68.4 Å². The van der Waals surface area contributed by atoms with Crippen LogP contribution in [0.15, 0.2) is 53.5 Å². The Balaban J connectivity index is 1.32. The number of rotatable bonds is 8. The molecule has 1 fully saturated rings. The first kappa shape index (κ1) is 23.2. The Kier molecular flexibility index (Phi) is 7.89. The molecule has 2 heterocycles. The van der Waals surface area contributed by atoms with E-state index >= 15 is 0 Å². The van der Waals surface area contributed by atoms with E-state index in [-0.39, 0.29) is 0 Å². The smallest absolute Gasteiger partial charge is 0.191 e. The minimum Gasteiger partial charge on any atom is -0.396 e. The number of hydrogen-bond donors (Lipinski definition) is 4. The highest BCUT2D eigenvalue weighted by Gasteiger charge is 2.18. The summed E-state index contributed by atoms with van der Waals surface area (Å²) in [5, 5.41) is 17.5. The number of aliphatic hydroxyl groups is 1. The molecule has 0 atom stereocenters. The third kappa shape index (κ3) is 5.88. The van der Waals surface area contributed by atoms with Crippen LogP contribution >= 0.6 is 0 Å². The molecule has 1 aromatic heterocycles. The molecule has 4 N–H and O–H groups in total. The minimum atomic E-state index is 0.314. The van der Waals surface area contributed by atoms with Gasteiger partial charge in [-0.15, -0.1) is 0 Å². The molecular weight excluding hydrogens is 410 g/mol. The second-order valence-corrected chi connectivity index (χ2v) is 8.93. The van der Waals surface area contributed by atoms with Gasteiger partial charge in [0.15, 0.2) is 5.96 Å². The van der Waals surface area contributed by atoms with Crippen molar-refractivity contribution in [3.63, 3.8) is 0 Å². The maximum atomic E-state index is 9.34. The fourth-order valence-electron chi connectivity index (χ4n) is 4.66. The van der Waals surface area contributed by atoms with Crippen LogP contribution in [-0.4, -0.2) is 48.8 Å². The number of guanidine groups is 1. The number of aliphatic hydroxyl groups excluding tert-OH is 1. The summed E-state index contributed by atoms with van der Waals surface area (Å²) in [5.74, 6) is 1.32. The monoisotopic (exact) mass is 447 g/mol. The van der Waals surface area contributed by atoms with Crippen molar-refractivity contribution in [3.05, 3.63) is 65.4 Å². The fraction of sp³-hybridized carbons (Fsp3) is 0.444. The average molecular weight is 448 g/mol. The van der Waals surface area contributed by atoms with Crippen LogP contribution < -0.4 is 15.5 Å². The second kappa shape index (κ2) is 11.2. The Hall–Kier alpha value is -2.99. The highest BCUT2D eigenvalue weighted by molar-refractivity contribution is 5.84. The van der Waals surface area contributed by atoms with Gasteiger partial charge < -0.3 is 25.6 Å². The van der Waals surface area contributed by atoms with E-state index in [1.165, 1.54) is 33.4 Å². The third-order valence-corrected chi connectivity index (χ3v) is 6.63. The number of para-hydroxylation sites is 1. The quantitative estimate of drug-likeness (QED) is 0.311. The number of fused-ring (bicyclic) bond motifs is 1. The molecule has 33 heavy (non-hydrogen) atoms. The highest BCUT2D eigenvalue weighted by atomic mass is 16.3. The van der Waals surface area contributed by atoms with Crippen molar-refractivity contribution in [1.29, 1.82) is 0 Å². The van der Waals surface area contributed by atoms with Crippen LogP contribution in [0.5, 0.6) is 0 Å². The van der Waals surface area contributed by atoms with Crippen LogP contribution in [-0.2, 0) is 13.0 Å². The summed E-state index contributed by atoms with van der Waals surface area (Å²) in [5.41, 5.74) is 6.27. The van der Waals surface area contributed by atoms with E-state index in [4.69, 9.17) is 4.99 Å². The van der Waals surface area contributed by atoms with Crippen molar-refractivity contribution in [2.24, 2.45) is 10.9 Å². The largest absolute Gasteiger partial charge is 0.396 e. The van der Waals surface area contributed by atoms with E-state index < -0.39 is 0 Å². The molecule has 3 aromatic rings. The molecule has 0 bridgehead atoms. The number of H-pyrrole nitrogens is 1. The van der Waals surface area contributed by atoms with Gasteiger partial charge in [0.2, 0.25) is 0 Å². The Labute approximate surface area is 197 Å². The van der Waals surface area contributed by atoms with Gasteiger partial charge in [0.25, 0.3) is 0 Å². The standard InChI is InChI=1S/C27H37N5O/c1-3-28-27(29-15-12-24-20(2)31-26-7-5-4-6-25(24)26)30-18-21-8-10-23(11-9-21)32-16-13-22(19-33)14-17-32/h4-11,22,31,33H,3,12-19H2,1-2H3,(H2,28,29,30). The lowest BCUT2D eigenvalue weighted by Crippen LogP contribution is -2.38. The number of aryl methyl sites for hydroxylation is 1. The van der Waals surface area contributed by atoms with Gasteiger partial charge in [-0.1, -0.05) is 30.3 Å². The average Bonchev–Trinajstić information content (AvgIpc) is 3.18. The molecule has 4 rings (SSSR count). The topological polar surface area (TPSA) is 75.7 Å². The van der Waals surface area contributed by atoms with Crippen molar-refractivity contribution < 1.29 is 5.11 Å². The maximum absolute atomic E-state index is 9.34. The lowest BCUT2D eigenvalue weighted by molar-refractivity contribution is 0.203. The van der Waals surface area contributed by atoms with Gasteiger partial charge in [0, 0.05) is 55.1 Å². The molecule has 0 radical (unpaired) electrons. The number of anilines is 1.